The Hall–Kier alpha value is -2.14. The van der Waals surface area contributed by atoms with Gasteiger partial charge in [-0.2, -0.15) is 5.26 Å². The number of aromatic nitrogens is 1. The van der Waals surface area contributed by atoms with Crippen LogP contribution >= 0.6 is 0 Å². The fraction of sp³-hybridized carbons (Fsp3) is 0.455. The maximum absolute atomic E-state index is 8.88. The second-order valence-corrected chi connectivity index (χ2v) is 7.03. The molecular weight excluding hydrogens is 292 g/mol. The van der Waals surface area contributed by atoms with Gasteiger partial charge in [-0.1, -0.05) is 44.4 Å². The Kier molecular flexibility index (Phi) is 5.64. The standard InChI is InChI=1S/C22H26N2/c1-2-3-4-17-5-9-19(10-6-17)21-13-14-22(24-16-21)20-11-7-18(15-23)8-12-20/h7-8,11-14,16-17,19H,2-6,9-10H2,1H3. The minimum Gasteiger partial charge on any atom is -0.256 e. The Bertz CT molecular complexity index is 671. The molecule has 3 rings (SSSR count). The summed E-state index contributed by atoms with van der Waals surface area (Å²) in [6.07, 6.45) is 11.6. The van der Waals surface area contributed by atoms with Crippen molar-refractivity contribution in [1.82, 2.24) is 4.98 Å². The zero-order chi connectivity index (χ0) is 16.8. The third-order valence-corrected chi connectivity index (χ3v) is 5.38. The highest BCUT2D eigenvalue weighted by Crippen LogP contribution is 2.37. The first kappa shape index (κ1) is 16.7. The Morgan fingerprint density at radius 2 is 1.79 bits per heavy atom. The summed E-state index contributed by atoms with van der Waals surface area (Å²) in [5.41, 5.74) is 4.14. The number of unbranched alkanes of at least 4 members (excludes halogenated alkanes) is 1. The second-order valence-electron chi connectivity index (χ2n) is 7.03. The number of nitrogens with zero attached hydrogens (tertiary/aromatic N) is 2. The molecule has 0 unspecified atom stereocenters. The van der Waals surface area contributed by atoms with Crippen LogP contribution in [0.25, 0.3) is 11.3 Å². The number of rotatable bonds is 5. The van der Waals surface area contributed by atoms with E-state index in [-0.39, 0.29) is 0 Å². The van der Waals surface area contributed by atoms with E-state index in [4.69, 9.17) is 5.26 Å². The van der Waals surface area contributed by atoms with Crippen molar-refractivity contribution in [3.63, 3.8) is 0 Å². The molecule has 1 aliphatic rings. The first-order valence-corrected chi connectivity index (χ1v) is 9.26. The van der Waals surface area contributed by atoms with Gasteiger partial charge in [0, 0.05) is 11.8 Å². The summed E-state index contributed by atoms with van der Waals surface area (Å²) in [5.74, 6) is 1.64. The average Bonchev–Trinajstić information content (AvgIpc) is 2.67. The van der Waals surface area contributed by atoms with E-state index < -0.39 is 0 Å². The zero-order valence-corrected chi connectivity index (χ0v) is 14.5. The van der Waals surface area contributed by atoms with Crippen LogP contribution in [0.15, 0.2) is 42.6 Å². The van der Waals surface area contributed by atoms with E-state index in [9.17, 15) is 0 Å². The lowest BCUT2D eigenvalue weighted by atomic mass is 9.77. The summed E-state index contributed by atoms with van der Waals surface area (Å²) in [7, 11) is 0. The predicted molar refractivity (Wildman–Crippen MR) is 98.6 cm³/mol. The average molecular weight is 318 g/mol. The number of nitriles is 1. The van der Waals surface area contributed by atoms with Gasteiger partial charge in [0.1, 0.15) is 0 Å². The lowest BCUT2D eigenvalue weighted by Crippen LogP contribution is -2.13. The van der Waals surface area contributed by atoms with Gasteiger partial charge in [0.05, 0.1) is 17.3 Å². The van der Waals surface area contributed by atoms with Gasteiger partial charge in [-0.3, -0.25) is 4.98 Å². The molecule has 2 aromatic rings. The van der Waals surface area contributed by atoms with Crippen LogP contribution in [-0.2, 0) is 0 Å². The molecule has 0 spiro atoms. The highest BCUT2D eigenvalue weighted by Gasteiger charge is 2.22. The van der Waals surface area contributed by atoms with Crippen molar-refractivity contribution in [1.29, 1.82) is 5.26 Å². The summed E-state index contributed by atoms with van der Waals surface area (Å²) >= 11 is 0. The fourth-order valence-electron chi connectivity index (χ4n) is 3.81. The number of hydrogen-bond donors (Lipinski definition) is 0. The third kappa shape index (κ3) is 4.03. The van der Waals surface area contributed by atoms with Crippen molar-refractivity contribution < 1.29 is 0 Å². The predicted octanol–water partition coefficient (Wildman–Crippen LogP) is 6.08. The Morgan fingerprint density at radius 1 is 1.04 bits per heavy atom. The molecule has 0 N–H and O–H groups in total. The molecule has 0 atom stereocenters. The van der Waals surface area contributed by atoms with Crippen LogP contribution in [0.2, 0.25) is 0 Å². The topological polar surface area (TPSA) is 36.7 Å². The van der Waals surface area contributed by atoms with Gasteiger partial charge in [-0.15, -0.1) is 0 Å². The number of pyridine rings is 1. The van der Waals surface area contributed by atoms with Crippen LogP contribution in [0.3, 0.4) is 0 Å². The first-order valence-electron chi connectivity index (χ1n) is 9.26. The van der Waals surface area contributed by atoms with Gasteiger partial charge >= 0.3 is 0 Å². The maximum Gasteiger partial charge on any atom is 0.0991 e. The molecule has 1 aromatic heterocycles. The summed E-state index contributed by atoms with van der Waals surface area (Å²) in [6.45, 7) is 2.28. The van der Waals surface area contributed by atoms with E-state index in [1.54, 1.807) is 0 Å². The monoisotopic (exact) mass is 318 g/mol. The van der Waals surface area contributed by atoms with Crippen LogP contribution in [0, 0.1) is 17.2 Å². The molecule has 2 heteroatoms. The van der Waals surface area contributed by atoms with Crippen LogP contribution in [-0.4, -0.2) is 4.98 Å². The van der Waals surface area contributed by atoms with Crippen molar-refractivity contribution in [3.8, 4) is 17.3 Å². The second kappa shape index (κ2) is 8.11. The van der Waals surface area contributed by atoms with Crippen molar-refractivity contribution in [2.75, 3.05) is 0 Å². The Labute approximate surface area is 145 Å². The van der Waals surface area contributed by atoms with Crippen LogP contribution < -0.4 is 0 Å². The molecule has 0 aliphatic heterocycles. The first-order chi connectivity index (χ1) is 11.8. The molecule has 1 aromatic carbocycles. The van der Waals surface area contributed by atoms with E-state index in [1.165, 1.54) is 50.5 Å². The molecule has 1 fully saturated rings. The van der Waals surface area contributed by atoms with Crippen LogP contribution in [0.1, 0.15) is 68.9 Å². The molecule has 24 heavy (non-hydrogen) atoms. The Morgan fingerprint density at radius 3 is 2.38 bits per heavy atom. The minimum atomic E-state index is 0.686. The highest BCUT2D eigenvalue weighted by molar-refractivity contribution is 5.60. The van der Waals surface area contributed by atoms with Crippen molar-refractivity contribution in [2.45, 2.75) is 57.8 Å². The smallest absolute Gasteiger partial charge is 0.0991 e. The van der Waals surface area contributed by atoms with E-state index >= 15 is 0 Å². The largest absolute Gasteiger partial charge is 0.256 e. The number of benzene rings is 1. The van der Waals surface area contributed by atoms with Crippen LogP contribution in [0.5, 0.6) is 0 Å². The van der Waals surface area contributed by atoms with Gasteiger partial charge < -0.3 is 0 Å². The molecule has 1 saturated carbocycles. The number of hydrogen-bond acceptors (Lipinski definition) is 2. The van der Waals surface area contributed by atoms with Gasteiger partial charge in [-0.25, -0.2) is 0 Å². The molecule has 0 bridgehead atoms. The van der Waals surface area contributed by atoms with Gasteiger partial charge in [0.25, 0.3) is 0 Å². The molecule has 0 amide bonds. The molecule has 0 radical (unpaired) electrons. The van der Waals surface area contributed by atoms with Gasteiger partial charge in [0.2, 0.25) is 0 Å². The summed E-state index contributed by atoms with van der Waals surface area (Å²) in [6, 6.07) is 14.2. The zero-order valence-electron chi connectivity index (χ0n) is 14.5. The molecule has 124 valence electrons. The molecule has 0 saturated heterocycles. The van der Waals surface area contributed by atoms with Crippen molar-refractivity contribution in [3.05, 3.63) is 53.7 Å². The molecular formula is C22H26N2. The summed E-state index contributed by atoms with van der Waals surface area (Å²) in [4.78, 5) is 4.67. The SMILES string of the molecule is CCCCC1CCC(c2ccc(-c3ccc(C#N)cc3)nc2)CC1. The van der Waals surface area contributed by atoms with Crippen molar-refractivity contribution >= 4 is 0 Å². The summed E-state index contributed by atoms with van der Waals surface area (Å²) in [5, 5.41) is 8.88. The lowest BCUT2D eigenvalue weighted by molar-refractivity contribution is 0.304. The van der Waals surface area contributed by atoms with E-state index in [2.05, 4.69) is 36.3 Å². The minimum absolute atomic E-state index is 0.686. The molecule has 1 aliphatic carbocycles. The van der Waals surface area contributed by atoms with Gasteiger partial charge in [-0.05, 0) is 61.3 Å². The highest BCUT2D eigenvalue weighted by atomic mass is 14.7. The quantitative estimate of drug-likeness (QED) is 0.669. The molecule has 2 nitrogen and oxygen atoms in total. The third-order valence-electron chi connectivity index (χ3n) is 5.38. The maximum atomic E-state index is 8.88. The van der Waals surface area contributed by atoms with Gasteiger partial charge in [0.15, 0.2) is 0 Å². The van der Waals surface area contributed by atoms with E-state index in [0.29, 0.717) is 11.5 Å². The normalized spacial score (nSPS) is 20.5. The molecule has 1 heterocycles. The van der Waals surface area contributed by atoms with E-state index in [0.717, 1.165) is 17.2 Å². The van der Waals surface area contributed by atoms with E-state index in [1.807, 2.05) is 24.3 Å². The Balaban J connectivity index is 1.61. The summed E-state index contributed by atoms with van der Waals surface area (Å²) < 4.78 is 0. The lowest BCUT2D eigenvalue weighted by Gasteiger charge is -2.28. The van der Waals surface area contributed by atoms with Crippen molar-refractivity contribution in [2.24, 2.45) is 5.92 Å². The van der Waals surface area contributed by atoms with Crippen LogP contribution in [0.4, 0.5) is 0 Å². The fourth-order valence-corrected chi connectivity index (χ4v) is 3.81.